The van der Waals surface area contributed by atoms with Crippen LogP contribution >= 0.6 is 0 Å². The van der Waals surface area contributed by atoms with E-state index in [1.807, 2.05) is 6.07 Å². The summed E-state index contributed by atoms with van der Waals surface area (Å²) >= 11 is 0. The molecule has 1 N–H and O–H groups in total. The fraction of sp³-hybridized carbons (Fsp3) is 0.391. The summed E-state index contributed by atoms with van der Waals surface area (Å²) in [7, 11) is -3.99. The van der Waals surface area contributed by atoms with Crippen LogP contribution in [0.5, 0.6) is 0 Å². The molecule has 0 aliphatic carbocycles. The van der Waals surface area contributed by atoms with E-state index in [1.54, 1.807) is 52.0 Å². The Bertz CT molecular complexity index is 1150. The summed E-state index contributed by atoms with van der Waals surface area (Å²) in [6, 6.07) is 11.8. The van der Waals surface area contributed by atoms with Crippen LogP contribution in [0.2, 0.25) is 0 Å². The zero-order valence-corrected chi connectivity index (χ0v) is 20.7. The molecule has 0 heterocycles. The number of hydrogen-bond acceptors (Lipinski definition) is 6. The van der Waals surface area contributed by atoms with E-state index in [9.17, 15) is 28.1 Å². The van der Waals surface area contributed by atoms with Gasteiger partial charge in [-0.15, -0.1) is 0 Å². The lowest BCUT2D eigenvalue weighted by Crippen LogP contribution is -2.52. The number of non-ortho nitro benzene ring substituents is 1. The Labute approximate surface area is 199 Å². The fourth-order valence-electron chi connectivity index (χ4n) is 3.34. The fourth-order valence-corrected chi connectivity index (χ4v) is 4.24. The minimum atomic E-state index is -3.99. The molecule has 2 aromatic carbocycles. The van der Waals surface area contributed by atoms with Gasteiger partial charge < -0.3 is 10.2 Å². The molecule has 0 fully saturated rings. The van der Waals surface area contributed by atoms with Gasteiger partial charge in [0.1, 0.15) is 12.6 Å². The van der Waals surface area contributed by atoms with Gasteiger partial charge in [0.05, 0.1) is 16.9 Å². The topological polar surface area (TPSA) is 130 Å². The summed E-state index contributed by atoms with van der Waals surface area (Å²) in [5.41, 5.74) is 0.943. The molecular formula is C23H30N4O6S. The molecule has 0 aliphatic heterocycles. The van der Waals surface area contributed by atoms with Crippen molar-refractivity contribution in [1.82, 2.24) is 10.2 Å². The molecule has 0 saturated carbocycles. The highest BCUT2D eigenvalue weighted by Crippen LogP contribution is 2.27. The number of benzene rings is 2. The predicted octanol–water partition coefficient (Wildman–Crippen LogP) is 2.61. The third-order valence-corrected chi connectivity index (χ3v) is 6.27. The third kappa shape index (κ3) is 7.01. The van der Waals surface area contributed by atoms with Crippen LogP contribution in [0.4, 0.5) is 11.4 Å². The Hall–Kier alpha value is -3.47. The first kappa shape index (κ1) is 26.8. The van der Waals surface area contributed by atoms with E-state index in [0.29, 0.717) is 5.56 Å². The average molecular weight is 491 g/mol. The molecule has 0 aromatic heterocycles. The first-order valence-corrected chi connectivity index (χ1v) is 12.5. The summed E-state index contributed by atoms with van der Waals surface area (Å²) in [6.45, 7) is 6.23. The number of nitrogens with zero attached hydrogens (tertiary/aromatic N) is 3. The van der Waals surface area contributed by atoms with Crippen LogP contribution in [0.25, 0.3) is 0 Å². The monoisotopic (exact) mass is 490 g/mol. The molecule has 1 atom stereocenters. The number of nitrogens with one attached hydrogen (secondary N) is 1. The van der Waals surface area contributed by atoms with Gasteiger partial charge in [-0.2, -0.15) is 0 Å². The first-order chi connectivity index (χ1) is 15.8. The van der Waals surface area contributed by atoms with Crippen LogP contribution in [0.15, 0.2) is 48.5 Å². The third-order valence-electron chi connectivity index (χ3n) is 5.15. The summed E-state index contributed by atoms with van der Waals surface area (Å²) in [5.74, 6) is -0.997. The molecule has 11 heteroatoms. The van der Waals surface area contributed by atoms with Gasteiger partial charge in [0.15, 0.2) is 0 Å². The van der Waals surface area contributed by atoms with Gasteiger partial charge in [-0.05, 0) is 38.8 Å². The average Bonchev–Trinajstić information content (AvgIpc) is 2.75. The highest BCUT2D eigenvalue weighted by atomic mass is 32.2. The van der Waals surface area contributed by atoms with Gasteiger partial charge in [-0.25, -0.2) is 8.42 Å². The Morgan fingerprint density at radius 2 is 1.71 bits per heavy atom. The smallest absolute Gasteiger partial charge is 0.271 e. The summed E-state index contributed by atoms with van der Waals surface area (Å²) in [4.78, 5) is 38.1. The Balaban J connectivity index is 2.46. The largest absolute Gasteiger partial charge is 0.352 e. The second-order valence-electron chi connectivity index (χ2n) is 8.34. The maximum Gasteiger partial charge on any atom is 0.271 e. The van der Waals surface area contributed by atoms with Crippen LogP contribution in [-0.2, 0) is 26.2 Å². The first-order valence-electron chi connectivity index (χ1n) is 10.7. The van der Waals surface area contributed by atoms with Gasteiger partial charge in [0, 0.05) is 24.7 Å². The molecule has 0 radical (unpaired) electrons. The van der Waals surface area contributed by atoms with E-state index < -0.39 is 33.4 Å². The highest BCUT2D eigenvalue weighted by Gasteiger charge is 2.31. The van der Waals surface area contributed by atoms with E-state index in [4.69, 9.17) is 0 Å². The van der Waals surface area contributed by atoms with Crippen molar-refractivity contribution in [3.63, 3.8) is 0 Å². The van der Waals surface area contributed by atoms with E-state index in [2.05, 4.69) is 5.32 Å². The van der Waals surface area contributed by atoms with Crippen LogP contribution in [0.1, 0.15) is 31.9 Å². The SMILES string of the molecule is Cc1ccc([N+](=O)[O-])cc1N(CC(=O)N(Cc1ccccc1)[C@H](C)C(=O)NC(C)C)S(C)(=O)=O. The van der Waals surface area contributed by atoms with Gasteiger partial charge >= 0.3 is 0 Å². The van der Waals surface area contributed by atoms with Gasteiger partial charge in [-0.1, -0.05) is 36.4 Å². The molecule has 34 heavy (non-hydrogen) atoms. The van der Waals surface area contributed by atoms with E-state index in [-0.39, 0.29) is 29.9 Å². The van der Waals surface area contributed by atoms with Crippen molar-refractivity contribution in [3.05, 3.63) is 69.8 Å². The van der Waals surface area contributed by atoms with Crippen molar-refractivity contribution < 1.29 is 22.9 Å². The number of carbonyl (C=O) groups is 2. The van der Waals surface area contributed by atoms with E-state index in [0.717, 1.165) is 22.2 Å². The number of rotatable bonds is 10. The van der Waals surface area contributed by atoms with Crippen molar-refractivity contribution in [2.75, 3.05) is 17.1 Å². The molecule has 0 aliphatic rings. The Kier molecular flexibility index (Phi) is 8.74. The minimum absolute atomic E-state index is 0.0315. The highest BCUT2D eigenvalue weighted by molar-refractivity contribution is 7.92. The summed E-state index contributed by atoms with van der Waals surface area (Å²) in [5, 5.41) is 14.0. The van der Waals surface area contributed by atoms with Crippen LogP contribution < -0.4 is 9.62 Å². The van der Waals surface area contributed by atoms with Crippen molar-refractivity contribution in [3.8, 4) is 0 Å². The predicted molar refractivity (Wildman–Crippen MR) is 130 cm³/mol. The molecule has 0 saturated heterocycles. The zero-order chi connectivity index (χ0) is 25.6. The number of amides is 2. The molecule has 10 nitrogen and oxygen atoms in total. The standard InChI is InChI=1S/C23H30N4O6S/c1-16(2)24-23(29)18(4)25(14-19-9-7-6-8-10-19)22(28)15-26(34(5,32)33)21-13-20(27(30)31)12-11-17(21)3/h6-13,16,18H,14-15H2,1-5H3,(H,24,29)/t18-/m1/s1. The van der Waals surface area contributed by atoms with E-state index >= 15 is 0 Å². The zero-order valence-electron chi connectivity index (χ0n) is 19.9. The number of nitro benzene ring substituents is 1. The lowest BCUT2D eigenvalue weighted by atomic mass is 10.1. The second-order valence-corrected chi connectivity index (χ2v) is 10.3. The number of sulfonamides is 1. The van der Waals surface area contributed by atoms with E-state index in [1.165, 1.54) is 17.0 Å². The summed E-state index contributed by atoms with van der Waals surface area (Å²) < 4.78 is 26.1. The summed E-state index contributed by atoms with van der Waals surface area (Å²) in [6.07, 6.45) is 0.926. The minimum Gasteiger partial charge on any atom is -0.352 e. The number of anilines is 1. The van der Waals surface area contributed by atoms with Gasteiger partial charge in [0.25, 0.3) is 5.69 Å². The number of carbonyl (C=O) groups excluding carboxylic acids is 2. The van der Waals surface area contributed by atoms with Crippen LogP contribution in [-0.4, -0.2) is 54.9 Å². The molecule has 2 amide bonds. The molecule has 2 rings (SSSR count). The molecule has 0 unspecified atom stereocenters. The quantitative estimate of drug-likeness (QED) is 0.402. The molecule has 184 valence electrons. The lowest BCUT2D eigenvalue weighted by Gasteiger charge is -2.32. The van der Waals surface area contributed by atoms with Crippen molar-refractivity contribution in [2.45, 2.75) is 46.3 Å². The normalized spacial score (nSPS) is 12.2. The lowest BCUT2D eigenvalue weighted by molar-refractivity contribution is -0.384. The maximum atomic E-state index is 13.4. The van der Waals surface area contributed by atoms with Crippen LogP contribution in [0.3, 0.4) is 0 Å². The molecule has 2 aromatic rings. The van der Waals surface area contributed by atoms with Gasteiger partial charge in [0.2, 0.25) is 21.8 Å². The molecule has 0 bridgehead atoms. The van der Waals surface area contributed by atoms with Crippen molar-refractivity contribution in [1.29, 1.82) is 0 Å². The number of nitro groups is 1. The number of aryl methyl sites for hydroxylation is 1. The maximum absolute atomic E-state index is 13.4. The van der Waals surface area contributed by atoms with Crippen LogP contribution in [0, 0.1) is 17.0 Å². The Morgan fingerprint density at radius 1 is 1.09 bits per heavy atom. The van der Waals surface area contributed by atoms with Crippen molar-refractivity contribution >= 4 is 33.2 Å². The molecule has 0 spiro atoms. The Morgan fingerprint density at radius 3 is 2.24 bits per heavy atom. The number of hydrogen-bond donors (Lipinski definition) is 1. The second kappa shape index (κ2) is 11.1. The van der Waals surface area contributed by atoms with Crippen molar-refractivity contribution in [2.24, 2.45) is 0 Å². The molecular weight excluding hydrogens is 460 g/mol. The van der Waals surface area contributed by atoms with Gasteiger partial charge in [-0.3, -0.25) is 24.0 Å².